The van der Waals surface area contributed by atoms with E-state index >= 15 is 0 Å². The number of nitrogens with zero attached hydrogens (tertiary/aromatic N) is 2. The molecule has 0 unspecified atom stereocenters. The summed E-state index contributed by atoms with van der Waals surface area (Å²) in [5.74, 6) is -4.60. The Labute approximate surface area is 120 Å². The maximum atomic E-state index is 13.8. The van der Waals surface area contributed by atoms with Crippen LogP contribution in [0.25, 0.3) is 15.9 Å². The van der Waals surface area contributed by atoms with Gasteiger partial charge in [-0.3, -0.25) is 0 Å². The first-order valence-corrected chi connectivity index (χ1v) is 6.57. The van der Waals surface area contributed by atoms with Crippen LogP contribution in [0, 0.1) is 24.4 Å². The first kappa shape index (κ1) is 13.6. The van der Waals surface area contributed by atoms with Crippen molar-refractivity contribution >= 4 is 27.5 Å². The van der Waals surface area contributed by atoms with Crippen LogP contribution in [0.2, 0.25) is 0 Å². The number of rotatable bonds is 2. The minimum absolute atomic E-state index is 0.0576. The second-order valence-corrected chi connectivity index (χ2v) is 5.38. The average molecular weight is 312 g/mol. The molecule has 3 rings (SSSR count). The number of fused-ring (bicyclic) bond motifs is 1. The van der Waals surface area contributed by atoms with Crippen LogP contribution in [0.15, 0.2) is 18.2 Å². The van der Waals surface area contributed by atoms with Gasteiger partial charge in [0.2, 0.25) is 0 Å². The van der Waals surface area contributed by atoms with Gasteiger partial charge in [-0.15, -0.1) is 11.3 Å². The quantitative estimate of drug-likeness (QED) is 0.737. The molecule has 0 fully saturated rings. The van der Waals surface area contributed by atoms with Gasteiger partial charge in [0.1, 0.15) is 15.4 Å². The van der Waals surface area contributed by atoms with E-state index in [1.165, 1.54) is 6.07 Å². The highest BCUT2D eigenvalue weighted by Gasteiger charge is 2.19. The number of thiophene rings is 1. The lowest BCUT2D eigenvalue weighted by atomic mass is 10.3. The van der Waals surface area contributed by atoms with E-state index in [4.69, 9.17) is 5.11 Å². The molecule has 0 aliphatic heterocycles. The summed E-state index contributed by atoms with van der Waals surface area (Å²) in [5, 5.41) is 13.6. The molecule has 0 bridgehead atoms. The zero-order valence-corrected chi connectivity index (χ0v) is 11.3. The molecule has 0 saturated heterocycles. The summed E-state index contributed by atoms with van der Waals surface area (Å²) in [5.41, 5.74) is 0.198. The van der Waals surface area contributed by atoms with Gasteiger partial charge in [-0.25, -0.2) is 22.6 Å². The number of hydrogen-bond acceptors (Lipinski definition) is 3. The molecule has 0 spiro atoms. The summed E-state index contributed by atoms with van der Waals surface area (Å²) in [6, 6.07) is 2.54. The summed E-state index contributed by atoms with van der Waals surface area (Å²) < 4.78 is 41.2. The molecule has 0 radical (unpaired) electrons. The fraction of sp³-hybridized carbons (Fsp3) is 0.0769. The molecule has 0 aliphatic carbocycles. The second-order valence-electron chi connectivity index (χ2n) is 4.35. The van der Waals surface area contributed by atoms with Gasteiger partial charge in [0.15, 0.2) is 17.5 Å². The molecule has 4 nitrogen and oxygen atoms in total. The fourth-order valence-electron chi connectivity index (χ4n) is 1.99. The first-order valence-electron chi connectivity index (χ1n) is 5.76. The molecule has 3 aromatic rings. The van der Waals surface area contributed by atoms with Gasteiger partial charge >= 0.3 is 5.97 Å². The fourth-order valence-corrected chi connectivity index (χ4v) is 3.00. The van der Waals surface area contributed by atoms with Gasteiger partial charge in [0, 0.05) is 17.5 Å². The number of aromatic carboxylic acids is 1. The maximum Gasteiger partial charge on any atom is 0.345 e. The van der Waals surface area contributed by atoms with Crippen molar-refractivity contribution in [2.24, 2.45) is 0 Å². The Bertz CT molecular complexity index is 885. The van der Waals surface area contributed by atoms with E-state index in [-0.39, 0.29) is 10.6 Å². The predicted octanol–water partition coefficient (Wildman–Crippen LogP) is 3.51. The molecule has 0 aliphatic rings. The van der Waals surface area contributed by atoms with Crippen LogP contribution in [0.5, 0.6) is 0 Å². The molecule has 0 atom stereocenters. The van der Waals surface area contributed by atoms with E-state index in [2.05, 4.69) is 5.10 Å². The first-order chi connectivity index (χ1) is 9.88. The van der Waals surface area contributed by atoms with Crippen molar-refractivity contribution in [2.45, 2.75) is 6.92 Å². The summed E-state index contributed by atoms with van der Waals surface area (Å²) in [4.78, 5) is 11.4. The van der Waals surface area contributed by atoms with Gasteiger partial charge in [-0.1, -0.05) is 0 Å². The van der Waals surface area contributed by atoms with Crippen LogP contribution >= 0.6 is 11.3 Å². The third-order valence-electron chi connectivity index (χ3n) is 2.97. The van der Waals surface area contributed by atoms with Gasteiger partial charge in [0.25, 0.3) is 0 Å². The zero-order valence-electron chi connectivity index (χ0n) is 10.5. The number of hydrogen-bond donors (Lipinski definition) is 1. The Kier molecular flexibility index (Phi) is 2.98. The lowest BCUT2D eigenvalue weighted by Crippen LogP contribution is -2.02. The van der Waals surface area contributed by atoms with E-state index in [0.717, 1.165) is 16.0 Å². The minimum Gasteiger partial charge on any atom is -0.477 e. The normalized spacial score (nSPS) is 11.2. The largest absolute Gasteiger partial charge is 0.477 e. The third kappa shape index (κ3) is 2.07. The number of benzene rings is 1. The third-order valence-corrected chi connectivity index (χ3v) is 4.07. The van der Waals surface area contributed by atoms with Crippen LogP contribution in [-0.2, 0) is 0 Å². The molecule has 21 heavy (non-hydrogen) atoms. The lowest BCUT2D eigenvalue weighted by Gasteiger charge is -2.04. The standard InChI is InChI=1S/C13H7F3N2O2S/c1-5-6-2-11(13(19)20)21-12(6)18(17-5)10-4-8(15)7(14)3-9(10)16/h2-4H,1H3,(H,19,20). The number of carboxylic acid groups (broad SMARTS) is 1. The van der Waals surface area contributed by atoms with Crippen LogP contribution in [-0.4, -0.2) is 20.9 Å². The number of carbonyl (C=O) groups is 1. The molecular formula is C13H7F3N2O2S. The highest BCUT2D eigenvalue weighted by atomic mass is 32.1. The van der Waals surface area contributed by atoms with E-state index in [9.17, 15) is 18.0 Å². The van der Waals surface area contributed by atoms with Crippen molar-refractivity contribution in [2.75, 3.05) is 0 Å². The van der Waals surface area contributed by atoms with Gasteiger partial charge in [-0.2, -0.15) is 5.10 Å². The molecule has 0 amide bonds. The van der Waals surface area contributed by atoms with Gasteiger partial charge in [0.05, 0.1) is 5.69 Å². The summed E-state index contributed by atoms with van der Waals surface area (Å²) >= 11 is 0.884. The Morgan fingerprint density at radius 2 is 1.86 bits per heavy atom. The second kappa shape index (κ2) is 4.59. The van der Waals surface area contributed by atoms with Crippen molar-refractivity contribution in [1.29, 1.82) is 0 Å². The smallest absolute Gasteiger partial charge is 0.345 e. The van der Waals surface area contributed by atoms with Gasteiger partial charge in [-0.05, 0) is 13.0 Å². The Balaban J connectivity index is 2.30. The molecule has 0 saturated carbocycles. The van der Waals surface area contributed by atoms with Crippen molar-refractivity contribution in [1.82, 2.24) is 9.78 Å². The molecule has 1 aromatic carbocycles. The molecule has 8 heteroatoms. The number of aromatic nitrogens is 2. The van der Waals surface area contributed by atoms with Crippen LogP contribution in [0.1, 0.15) is 15.4 Å². The lowest BCUT2D eigenvalue weighted by molar-refractivity contribution is 0.0702. The van der Waals surface area contributed by atoms with E-state index in [0.29, 0.717) is 28.0 Å². The number of halogens is 3. The van der Waals surface area contributed by atoms with Crippen LogP contribution in [0.4, 0.5) is 13.2 Å². The van der Waals surface area contributed by atoms with Crippen LogP contribution in [0.3, 0.4) is 0 Å². The SMILES string of the molecule is Cc1nn(-c2cc(F)c(F)cc2F)c2sc(C(=O)O)cc12. The molecule has 108 valence electrons. The average Bonchev–Trinajstić information content (AvgIpc) is 2.95. The van der Waals surface area contributed by atoms with Crippen molar-refractivity contribution in [3.63, 3.8) is 0 Å². The van der Waals surface area contributed by atoms with Crippen molar-refractivity contribution in [3.8, 4) is 5.69 Å². The minimum atomic E-state index is -1.30. The summed E-state index contributed by atoms with van der Waals surface area (Å²) in [6.45, 7) is 1.62. The molecular weight excluding hydrogens is 305 g/mol. The van der Waals surface area contributed by atoms with Crippen LogP contribution < -0.4 is 0 Å². The Morgan fingerprint density at radius 1 is 1.19 bits per heavy atom. The predicted molar refractivity (Wildman–Crippen MR) is 70.5 cm³/mol. The van der Waals surface area contributed by atoms with E-state index < -0.39 is 23.4 Å². The number of aryl methyl sites for hydroxylation is 1. The van der Waals surface area contributed by atoms with E-state index in [1.54, 1.807) is 6.92 Å². The number of carboxylic acids is 1. The topological polar surface area (TPSA) is 55.1 Å². The highest BCUT2D eigenvalue weighted by molar-refractivity contribution is 7.20. The Morgan fingerprint density at radius 3 is 2.52 bits per heavy atom. The molecule has 2 aromatic heterocycles. The monoisotopic (exact) mass is 312 g/mol. The molecule has 1 N–H and O–H groups in total. The van der Waals surface area contributed by atoms with E-state index in [1.807, 2.05) is 0 Å². The summed E-state index contributed by atoms with van der Waals surface area (Å²) in [6.07, 6.45) is 0. The van der Waals surface area contributed by atoms with Crippen molar-refractivity contribution in [3.05, 3.63) is 46.2 Å². The maximum absolute atomic E-state index is 13.8. The molecule has 2 heterocycles. The zero-order chi connectivity index (χ0) is 15.3. The Hall–Kier alpha value is -2.35. The van der Waals surface area contributed by atoms with Gasteiger partial charge < -0.3 is 5.11 Å². The van der Waals surface area contributed by atoms with Crippen molar-refractivity contribution < 1.29 is 23.1 Å². The highest BCUT2D eigenvalue weighted by Crippen LogP contribution is 2.31. The summed E-state index contributed by atoms with van der Waals surface area (Å²) in [7, 11) is 0.